The van der Waals surface area contributed by atoms with Crippen LogP contribution in [0.15, 0.2) is 24.5 Å². The standard InChI is InChI=1S/C10H7F3N2O2/c1-17-9(16)8-14-5-7-6(10(11,12)13)3-2-4-15(7)8/h2-5H,1H3. The Hall–Kier alpha value is -2.05. The molecular formula is C10H7F3N2O2. The van der Waals surface area contributed by atoms with Crippen molar-refractivity contribution in [3.63, 3.8) is 0 Å². The molecule has 2 rings (SSSR count). The molecule has 4 nitrogen and oxygen atoms in total. The van der Waals surface area contributed by atoms with E-state index in [4.69, 9.17) is 0 Å². The van der Waals surface area contributed by atoms with Crippen LogP contribution in [-0.4, -0.2) is 22.5 Å². The zero-order chi connectivity index (χ0) is 12.6. The fraction of sp³-hybridized carbons (Fsp3) is 0.200. The van der Waals surface area contributed by atoms with E-state index in [1.165, 1.54) is 12.3 Å². The van der Waals surface area contributed by atoms with E-state index < -0.39 is 17.7 Å². The summed E-state index contributed by atoms with van der Waals surface area (Å²) in [6, 6.07) is 2.13. The summed E-state index contributed by atoms with van der Waals surface area (Å²) in [4.78, 5) is 14.9. The number of nitrogens with zero attached hydrogens (tertiary/aromatic N) is 2. The third-order valence-corrected chi connectivity index (χ3v) is 2.24. The number of methoxy groups -OCH3 is 1. The summed E-state index contributed by atoms with van der Waals surface area (Å²) in [6.45, 7) is 0. The average molecular weight is 244 g/mol. The van der Waals surface area contributed by atoms with Crippen LogP contribution in [-0.2, 0) is 10.9 Å². The van der Waals surface area contributed by atoms with Gasteiger partial charge in [0.15, 0.2) is 0 Å². The zero-order valence-electron chi connectivity index (χ0n) is 8.65. The van der Waals surface area contributed by atoms with Crippen molar-refractivity contribution in [2.24, 2.45) is 0 Å². The minimum Gasteiger partial charge on any atom is -0.463 e. The minimum atomic E-state index is -4.49. The van der Waals surface area contributed by atoms with Crippen molar-refractivity contribution < 1.29 is 22.7 Å². The Labute approximate surface area is 93.6 Å². The molecule has 17 heavy (non-hydrogen) atoms. The number of hydrogen-bond donors (Lipinski definition) is 0. The van der Waals surface area contributed by atoms with Crippen molar-refractivity contribution in [2.45, 2.75) is 6.18 Å². The maximum atomic E-state index is 12.7. The number of rotatable bonds is 1. The van der Waals surface area contributed by atoms with Crippen molar-refractivity contribution >= 4 is 11.5 Å². The molecule has 0 saturated carbocycles. The number of carbonyl (C=O) groups excluding carboxylic acids is 1. The topological polar surface area (TPSA) is 43.6 Å². The van der Waals surface area contributed by atoms with Gasteiger partial charge in [-0.15, -0.1) is 0 Å². The van der Waals surface area contributed by atoms with E-state index in [-0.39, 0.29) is 11.3 Å². The number of alkyl halides is 3. The molecule has 0 aliphatic carbocycles. The third kappa shape index (κ3) is 1.83. The highest BCUT2D eigenvalue weighted by Crippen LogP contribution is 2.32. The van der Waals surface area contributed by atoms with Crippen LogP contribution < -0.4 is 0 Å². The molecule has 0 atom stereocenters. The summed E-state index contributed by atoms with van der Waals surface area (Å²) in [7, 11) is 1.14. The predicted octanol–water partition coefficient (Wildman–Crippen LogP) is 2.14. The maximum absolute atomic E-state index is 12.7. The van der Waals surface area contributed by atoms with Gasteiger partial charge >= 0.3 is 12.1 Å². The highest BCUT2D eigenvalue weighted by molar-refractivity contribution is 5.87. The highest BCUT2D eigenvalue weighted by Gasteiger charge is 2.33. The summed E-state index contributed by atoms with van der Waals surface area (Å²) in [6.07, 6.45) is -2.17. The lowest BCUT2D eigenvalue weighted by Crippen LogP contribution is -2.10. The number of fused-ring (bicyclic) bond motifs is 1. The summed E-state index contributed by atoms with van der Waals surface area (Å²) in [5.74, 6) is -0.974. The van der Waals surface area contributed by atoms with Crippen LogP contribution in [0.1, 0.15) is 16.2 Å². The SMILES string of the molecule is COC(=O)c1ncc2c(C(F)(F)F)cccn12. The lowest BCUT2D eigenvalue weighted by Gasteiger charge is -2.08. The molecule has 2 aromatic rings. The van der Waals surface area contributed by atoms with Gasteiger partial charge in [-0.05, 0) is 12.1 Å². The van der Waals surface area contributed by atoms with Gasteiger partial charge in [-0.1, -0.05) is 0 Å². The fourth-order valence-electron chi connectivity index (χ4n) is 1.50. The third-order valence-electron chi connectivity index (χ3n) is 2.24. The molecule has 2 aromatic heterocycles. The maximum Gasteiger partial charge on any atom is 0.418 e. The molecule has 0 aliphatic heterocycles. The van der Waals surface area contributed by atoms with Gasteiger partial charge in [-0.25, -0.2) is 9.78 Å². The molecule has 0 saturated heterocycles. The van der Waals surface area contributed by atoms with Gasteiger partial charge in [0.05, 0.1) is 24.4 Å². The summed E-state index contributed by atoms with van der Waals surface area (Å²) < 4.78 is 43.4. The first kappa shape index (κ1) is 11.4. The Morgan fingerprint density at radius 3 is 2.76 bits per heavy atom. The molecule has 0 unspecified atom stereocenters. The number of ether oxygens (including phenoxy) is 1. The second-order valence-corrected chi connectivity index (χ2v) is 3.25. The molecule has 90 valence electrons. The van der Waals surface area contributed by atoms with E-state index in [0.717, 1.165) is 23.8 Å². The Morgan fingerprint density at radius 2 is 2.18 bits per heavy atom. The van der Waals surface area contributed by atoms with Gasteiger partial charge in [0.1, 0.15) is 0 Å². The quantitative estimate of drug-likeness (QED) is 0.722. The van der Waals surface area contributed by atoms with Gasteiger partial charge in [-0.2, -0.15) is 13.2 Å². The molecule has 0 radical (unpaired) electrons. The van der Waals surface area contributed by atoms with Crippen LogP contribution in [0.4, 0.5) is 13.2 Å². The van der Waals surface area contributed by atoms with Crippen LogP contribution in [0.2, 0.25) is 0 Å². The normalized spacial score (nSPS) is 11.8. The second kappa shape index (κ2) is 3.76. The van der Waals surface area contributed by atoms with Gasteiger partial charge in [0, 0.05) is 6.20 Å². The monoisotopic (exact) mass is 244 g/mol. The van der Waals surface area contributed by atoms with E-state index in [0.29, 0.717) is 0 Å². The molecule has 0 aliphatic rings. The fourth-order valence-corrected chi connectivity index (χ4v) is 1.50. The largest absolute Gasteiger partial charge is 0.463 e. The van der Waals surface area contributed by atoms with Crippen LogP contribution in [0, 0.1) is 0 Å². The van der Waals surface area contributed by atoms with Gasteiger partial charge in [-0.3, -0.25) is 4.40 Å². The smallest absolute Gasteiger partial charge is 0.418 e. The molecule has 2 heterocycles. The minimum absolute atomic E-state index is 0.180. The molecular weight excluding hydrogens is 237 g/mol. The number of halogens is 3. The first-order valence-corrected chi connectivity index (χ1v) is 4.56. The summed E-state index contributed by atoms with van der Waals surface area (Å²) >= 11 is 0. The van der Waals surface area contributed by atoms with Crippen molar-refractivity contribution in [1.82, 2.24) is 9.38 Å². The molecule has 0 N–H and O–H groups in total. The Balaban J connectivity index is 2.69. The first-order chi connectivity index (χ1) is 7.95. The van der Waals surface area contributed by atoms with E-state index in [2.05, 4.69) is 9.72 Å². The van der Waals surface area contributed by atoms with E-state index in [1.54, 1.807) is 0 Å². The number of carbonyl (C=O) groups is 1. The summed E-state index contributed by atoms with van der Waals surface area (Å²) in [5.41, 5.74) is -1.02. The van der Waals surface area contributed by atoms with Crippen LogP contribution in [0.25, 0.3) is 5.52 Å². The first-order valence-electron chi connectivity index (χ1n) is 4.56. The number of hydrogen-bond acceptors (Lipinski definition) is 3. The number of imidazole rings is 1. The van der Waals surface area contributed by atoms with Gasteiger partial charge in [0.25, 0.3) is 0 Å². The van der Waals surface area contributed by atoms with Crippen LogP contribution in [0.5, 0.6) is 0 Å². The Bertz CT molecular complexity index is 574. The highest BCUT2D eigenvalue weighted by atomic mass is 19.4. The molecule has 7 heteroatoms. The molecule has 0 bridgehead atoms. The predicted molar refractivity (Wildman–Crippen MR) is 51.5 cm³/mol. The molecule has 0 aromatic carbocycles. The van der Waals surface area contributed by atoms with Gasteiger partial charge in [0.2, 0.25) is 5.82 Å². The van der Waals surface area contributed by atoms with Crippen molar-refractivity contribution in [3.8, 4) is 0 Å². The average Bonchev–Trinajstić information content (AvgIpc) is 2.69. The van der Waals surface area contributed by atoms with E-state index in [1.807, 2.05) is 0 Å². The zero-order valence-corrected chi connectivity index (χ0v) is 8.65. The van der Waals surface area contributed by atoms with Crippen molar-refractivity contribution in [3.05, 3.63) is 35.9 Å². The number of aromatic nitrogens is 2. The lowest BCUT2D eigenvalue weighted by atomic mass is 10.2. The number of pyridine rings is 1. The van der Waals surface area contributed by atoms with Crippen LogP contribution in [0.3, 0.4) is 0 Å². The Morgan fingerprint density at radius 1 is 1.47 bits per heavy atom. The number of esters is 1. The van der Waals surface area contributed by atoms with Crippen LogP contribution >= 0.6 is 0 Å². The Kier molecular flexibility index (Phi) is 2.53. The van der Waals surface area contributed by atoms with Crippen molar-refractivity contribution in [2.75, 3.05) is 7.11 Å². The van der Waals surface area contributed by atoms with E-state index >= 15 is 0 Å². The van der Waals surface area contributed by atoms with Crippen molar-refractivity contribution in [1.29, 1.82) is 0 Å². The molecule has 0 spiro atoms. The van der Waals surface area contributed by atoms with E-state index in [9.17, 15) is 18.0 Å². The summed E-state index contributed by atoms with van der Waals surface area (Å²) in [5, 5.41) is 0. The van der Waals surface area contributed by atoms with Gasteiger partial charge < -0.3 is 4.74 Å². The lowest BCUT2D eigenvalue weighted by molar-refractivity contribution is -0.136. The molecule has 0 amide bonds. The second-order valence-electron chi connectivity index (χ2n) is 3.25. The molecule has 0 fully saturated rings.